The summed E-state index contributed by atoms with van der Waals surface area (Å²) in [6.45, 7) is 3.75. The molecule has 0 heterocycles. The standard InChI is InChI=1S/C8H16N6S2/c1-5(11-13-7(9)15)3-4-6(2)12-14-8(10)16/h3-4H2,1-2H3,(H3,9,13,15)(H3,10,14,16)/b11-5+,12-6+. The highest BCUT2D eigenvalue weighted by Gasteiger charge is 1.96. The van der Waals surface area contributed by atoms with Gasteiger partial charge in [-0.3, -0.25) is 10.9 Å². The van der Waals surface area contributed by atoms with Crippen LogP contribution in [0.1, 0.15) is 26.7 Å². The van der Waals surface area contributed by atoms with Gasteiger partial charge in [-0.05, 0) is 51.1 Å². The summed E-state index contributed by atoms with van der Waals surface area (Å²) in [6.07, 6.45) is 1.51. The van der Waals surface area contributed by atoms with Gasteiger partial charge in [0.25, 0.3) is 0 Å². The molecule has 0 aromatic rings. The van der Waals surface area contributed by atoms with Gasteiger partial charge in [-0.25, -0.2) is 0 Å². The van der Waals surface area contributed by atoms with Crippen LogP contribution in [0.25, 0.3) is 0 Å². The minimum Gasteiger partial charge on any atom is -0.375 e. The predicted octanol–water partition coefficient (Wildman–Crippen LogP) is 0.185. The molecule has 0 bridgehead atoms. The highest BCUT2D eigenvalue weighted by Crippen LogP contribution is 1.95. The molecule has 0 saturated heterocycles. The number of nitrogens with one attached hydrogen (secondary N) is 2. The molecule has 0 aliphatic heterocycles. The Labute approximate surface area is 106 Å². The molecule has 0 spiro atoms. The molecule has 0 aromatic heterocycles. The van der Waals surface area contributed by atoms with Crippen molar-refractivity contribution in [1.29, 1.82) is 0 Å². The first-order chi connectivity index (χ1) is 7.41. The molecule has 0 unspecified atom stereocenters. The van der Waals surface area contributed by atoms with Crippen molar-refractivity contribution >= 4 is 46.1 Å². The normalized spacial score (nSPS) is 12.1. The van der Waals surface area contributed by atoms with Crippen LogP contribution in [0.2, 0.25) is 0 Å². The van der Waals surface area contributed by atoms with Gasteiger partial charge in [-0.15, -0.1) is 0 Å². The molecule has 0 aliphatic carbocycles. The molecule has 0 fully saturated rings. The smallest absolute Gasteiger partial charge is 0.184 e. The molecule has 90 valence electrons. The van der Waals surface area contributed by atoms with Crippen LogP contribution in [-0.4, -0.2) is 21.6 Å². The number of hydrogen-bond acceptors (Lipinski definition) is 4. The summed E-state index contributed by atoms with van der Waals surface area (Å²) >= 11 is 9.24. The lowest BCUT2D eigenvalue weighted by molar-refractivity contribution is 0.971. The van der Waals surface area contributed by atoms with E-state index in [0.717, 1.165) is 24.3 Å². The highest BCUT2D eigenvalue weighted by molar-refractivity contribution is 7.80. The van der Waals surface area contributed by atoms with Gasteiger partial charge in [-0.1, -0.05) is 0 Å². The minimum atomic E-state index is 0.153. The summed E-state index contributed by atoms with van der Waals surface area (Å²) in [6, 6.07) is 0. The van der Waals surface area contributed by atoms with E-state index in [9.17, 15) is 0 Å². The van der Waals surface area contributed by atoms with E-state index in [1.807, 2.05) is 13.8 Å². The largest absolute Gasteiger partial charge is 0.375 e. The van der Waals surface area contributed by atoms with Crippen LogP contribution in [0.3, 0.4) is 0 Å². The maximum atomic E-state index is 5.23. The average molecular weight is 260 g/mol. The maximum Gasteiger partial charge on any atom is 0.184 e. The van der Waals surface area contributed by atoms with Crippen LogP contribution in [0.5, 0.6) is 0 Å². The van der Waals surface area contributed by atoms with Gasteiger partial charge < -0.3 is 11.5 Å². The van der Waals surface area contributed by atoms with Crippen LogP contribution in [-0.2, 0) is 0 Å². The predicted molar refractivity (Wildman–Crippen MR) is 75.3 cm³/mol. The number of hydrogen-bond donors (Lipinski definition) is 4. The monoisotopic (exact) mass is 260 g/mol. The lowest BCUT2D eigenvalue weighted by Gasteiger charge is -2.02. The zero-order valence-corrected chi connectivity index (χ0v) is 10.9. The Morgan fingerprint density at radius 3 is 1.50 bits per heavy atom. The second-order valence-electron chi connectivity index (χ2n) is 3.15. The second-order valence-corrected chi connectivity index (χ2v) is 4.03. The van der Waals surface area contributed by atoms with Crippen molar-refractivity contribution in [3.63, 3.8) is 0 Å². The third kappa shape index (κ3) is 9.28. The van der Waals surface area contributed by atoms with Crippen molar-refractivity contribution in [2.75, 3.05) is 0 Å². The highest BCUT2D eigenvalue weighted by atomic mass is 32.1. The first-order valence-corrected chi connectivity index (χ1v) is 5.40. The summed E-state index contributed by atoms with van der Waals surface area (Å²) in [5.41, 5.74) is 17.3. The van der Waals surface area contributed by atoms with Crippen molar-refractivity contribution in [2.45, 2.75) is 26.7 Å². The third-order valence-corrected chi connectivity index (χ3v) is 1.75. The number of nitrogens with two attached hydrogens (primary N) is 2. The fourth-order valence-electron chi connectivity index (χ4n) is 0.775. The average Bonchev–Trinajstić information content (AvgIpc) is 2.20. The topological polar surface area (TPSA) is 101 Å². The number of thiocarbonyl (C=S) groups is 2. The van der Waals surface area contributed by atoms with Crippen LogP contribution >= 0.6 is 24.4 Å². The molecule has 0 amide bonds. The summed E-state index contributed by atoms with van der Waals surface area (Å²) < 4.78 is 0. The summed E-state index contributed by atoms with van der Waals surface area (Å²) in [5.74, 6) is 0. The quantitative estimate of drug-likeness (QED) is 0.320. The molecule has 0 rings (SSSR count). The van der Waals surface area contributed by atoms with Gasteiger partial charge in [0.1, 0.15) is 0 Å². The van der Waals surface area contributed by atoms with Crippen molar-refractivity contribution in [3.8, 4) is 0 Å². The van der Waals surface area contributed by atoms with Crippen molar-refractivity contribution in [1.82, 2.24) is 10.9 Å². The molecule has 0 saturated carbocycles. The Kier molecular flexibility index (Phi) is 7.31. The van der Waals surface area contributed by atoms with Crippen LogP contribution in [0.4, 0.5) is 0 Å². The Balaban J connectivity index is 3.95. The molecule has 16 heavy (non-hydrogen) atoms. The number of rotatable bonds is 5. The Hall–Kier alpha value is -1.28. The first-order valence-electron chi connectivity index (χ1n) is 4.59. The Morgan fingerprint density at radius 2 is 1.25 bits per heavy atom. The molecule has 8 heteroatoms. The van der Waals surface area contributed by atoms with Gasteiger partial charge in [0, 0.05) is 11.4 Å². The van der Waals surface area contributed by atoms with Gasteiger partial charge in [-0.2, -0.15) is 10.2 Å². The van der Waals surface area contributed by atoms with E-state index >= 15 is 0 Å². The van der Waals surface area contributed by atoms with E-state index in [1.165, 1.54) is 0 Å². The van der Waals surface area contributed by atoms with Gasteiger partial charge in [0.05, 0.1) is 0 Å². The zero-order chi connectivity index (χ0) is 12.6. The van der Waals surface area contributed by atoms with Crippen LogP contribution in [0.15, 0.2) is 10.2 Å². The van der Waals surface area contributed by atoms with E-state index in [0.29, 0.717) is 0 Å². The SMILES string of the molecule is C/C(CC/C(C)=N/NC(N)=S)=N\NC(N)=S. The van der Waals surface area contributed by atoms with E-state index in [2.05, 4.69) is 45.5 Å². The summed E-state index contributed by atoms with van der Waals surface area (Å²) in [7, 11) is 0. The third-order valence-electron chi connectivity index (χ3n) is 1.56. The molecule has 0 radical (unpaired) electrons. The fraction of sp³-hybridized carbons (Fsp3) is 0.500. The van der Waals surface area contributed by atoms with E-state index in [-0.39, 0.29) is 10.2 Å². The molecule has 0 atom stereocenters. The lowest BCUT2D eigenvalue weighted by atomic mass is 10.2. The fourth-order valence-corrected chi connectivity index (χ4v) is 0.866. The van der Waals surface area contributed by atoms with Crippen LogP contribution in [0, 0.1) is 0 Å². The maximum absolute atomic E-state index is 5.23. The van der Waals surface area contributed by atoms with Gasteiger partial charge >= 0.3 is 0 Å². The lowest BCUT2D eigenvalue weighted by Crippen LogP contribution is -2.25. The number of nitrogens with zero attached hydrogens (tertiary/aromatic N) is 2. The second kappa shape index (κ2) is 7.94. The van der Waals surface area contributed by atoms with Crippen LogP contribution < -0.4 is 22.3 Å². The first kappa shape index (κ1) is 14.7. The Morgan fingerprint density at radius 1 is 0.938 bits per heavy atom. The molecule has 0 aromatic carbocycles. The minimum absolute atomic E-state index is 0.153. The number of hydrazone groups is 2. The molecule has 6 N–H and O–H groups in total. The molecule has 0 aliphatic rings. The molecular weight excluding hydrogens is 244 g/mol. The summed E-state index contributed by atoms with van der Waals surface area (Å²) in [4.78, 5) is 0. The van der Waals surface area contributed by atoms with Crippen molar-refractivity contribution in [3.05, 3.63) is 0 Å². The van der Waals surface area contributed by atoms with Gasteiger partial charge in [0.15, 0.2) is 10.2 Å². The molecular formula is C8H16N6S2. The summed E-state index contributed by atoms with van der Waals surface area (Å²) in [5, 5.41) is 8.24. The Bertz CT molecular complexity index is 290. The molecule has 6 nitrogen and oxygen atoms in total. The van der Waals surface area contributed by atoms with Gasteiger partial charge in [0.2, 0.25) is 0 Å². The van der Waals surface area contributed by atoms with Crippen molar-refractivity contribution in [2.24, 2.45) is 21.7 Å². The van der Waals surface area contributed by atoms with E-state index in [1.54, 1.807) is 0 Å². The van der Waals surface area contributed by atoms with E-state index < -0.39 is 0 Å². The zero-order valence-electron chi connectivity index (χ0n) is 9.28. The van der Waals surface area contributed by atoms with Crippen molar-refractivity contribution < 1.29 is 0 Å². The van der Waals surface area contributed by atoms with E-state index in [4.69, 9.17) is 11.5 Å².